The number of hydrogen-bond donors (Lipinski definition) is 2. The number of ether oxygens (including phenoxy) is 2. The van der Waals surface area contributed by atoms with Crippen LogP contribution >= 0.6 is 0 Å². The van der Waals surface area contributed by atoms with Crippen LogP contribution in [-0.4, -0.2) is 47.9 Å². The summed E-state index contributed by atoms with van der Waals surface area (Å²) in [6.45, 7) is 4.75. The van der Waals surface area contributed by atoms with Gasteiger partial charge in [-0.25, -0.2) is 0 Å². The van der Waals surface area contributed by atoms with Crippen molar-refractivity contribution in [2.75, 3.05) is 32.8 Å². The molecule has 2 aliphatic rings. The SMILES string of the molecule is NC[C@@H]1CN(Cc2cn[nH]c2-c2ccc3c(c2)OCCO3)C[C@H]1c1ccccc1. The third-order valence-electron chi connectivity index (χ3n) is 5.99. The summed E-state index contributed by atoms with van der Waals surface area (Å²) in [5.74, 6) is 2.55. The van der Waals surface area contributed by atoms with Gasteiger partial charge < -0.3 is 15.2 Å². The maximum Gasteiger partial charge on any atom is 0.162 e. The summed E-state index contributed by atoms with van der Waals surface area (Å²) in [7, 11) is 0. The number of benzene rings is 2. The Morgan fingerprint density at radius 3 is 2.69 bits per heavy atom. The van der Waals surface area contributed by atoms with E-state index in [-0.39, 0.29) is 0 Å². The molecule has 6 heteroatoms. The van der Waals surface area contributed by atoms with E-state index in [9.17, 15) is 0 Å². The molecule has 2 aliphatic heterocycles. The Bertz CT molecular complexity index is 972. The first-order chi connectivity index (χ1) is 14.3. The highest BCUT2D eigenvalue weighted by atomic mass is 16.6. The van der Waals surface area contributed by atoms with Gasteiger partial charge in [-0.15, -0.1) is 0 Å². The van der Waals surface area contributed by atoms with Gasteiger partial charge in [-0.1, -0.05) is 30.3 Å². The fourth-order valence-corrected chi connectivity index (χ4v) is 4.53. The molecule has 3 heterocycles. The number of aromatic nitrogens is 2. The minimum absolute atomic E-state index is 0.474. The van der Waals surface area contributed by atoms with E-state index < -0.39 is 0 Å². The van der Waals surface area contributed by atoms with Gasteiger partial charge in [-0.2, -0.15) is 5.10 Å². The van der Waals surface area contributed by atoms with Gasteiger partial charge in [0.05, 0.1) is 11.9 Å². The highest BCUT2D eigenvalue weighted by Crippen LogP contribution is 2.36. The normalized spacial score (nSPS) is 21.4. The summed E-state index contributed by atoms with van der Waals surface area (Å²) < 4.78 is 11.4. The molecule has 0 amide bonds. The topological polar surface area (TPSA) is 76.4 Å². The van der Waals surface area contributed by atoms with Crippen molar-refractivity contribution >= 4 is 0 Å². The Kier molecular flexibility index (Phi) is 4.96. The number of nitrogens with two attached hydrogens (primary N) is 1. The zero-order chi connectivity index (χ0) is 19.6. The Morgan fingerprint density at radius 2 is 1.86 bits per heavy atom. The zero-order valence-corrected chi connectivity index (χ0v) is 16.4. The summed E-state index contributed by atoms with van der Waals surface area (Å²) in [5, 5.41) is 7.49. The molecule has 1 saturated heterocycles. The van der Waals surface area contributed by atoms with Crippen LogP contribution in [-0.2, 0) is 6.54 Å². The van der Waals surface area contributed by atoms with Crippen LogP contribution in [0.3, 0.4) is 0 Å². The lowest BCUT2D eigenvalue weighted by Gasteiger charge is -2.19. The predicted octanol–water partition coefficient (Wildman–Crippen LogP) is 3.02. The first kappa shape index (κ1) is 18.2. The van der Waals surface area contributed by atoms with Gasteiger partial charge in [0, 0.05) is 36.7 Å². The van der Waals surface area contributed by atoms with Crippen molar-refractivity contribution in [1.29, 1.82) is 0 Å². The Hall–Kier alpha value is -2.83. The molecule has 3 N–H and O–H groups in total. The van der Waals surface area contributed by atoms with E-state index >= 15 is 0 Å². The lowest BCUT2D eigenvalue weighted by Crippen LogP contribution is -2.23. The lowest BCUT2D eigenvalue weighted by molar-refractivity contribution is 0.171. The van der Waals surface area contributed by atoms with Crippen LogP contribution in [0.5, 0.6) is 11.5 Å². The van der Waals surface area contributed by atoms with Crippen molar-refractivity contribution in [3.8, 4) is 22.8 Å². The quantitative estimate of drug-likeness (QED) is 0.700. The molecule has 0 spiro atoms. The fourth-order valence-electron chi connectivity index (χ4n) is 4.53. The van der Waals surface area contributed by atoms with Gasteiger partial charge >= 0.3 is 0 Å². The van der Waals surface area contributed by atoms with Gasteiger partial charge in [0.1, 0.15) is 13.2 Å². The molecule has 1 fully saturated rings. The molecule has 0 saturated carbocycles. The van der Waals surface area contributed by atoms with Gasteiger partial charge in [-0.3, -0.25) is 10.00 Å². The van der Waals surface area contributed by atoms with Crippen molar-refractivity contribution in [2.24, 2.45) is 11.7 Å². The van der Waals surface area contributed by atoms with Crippen LogP contribution in [0, 0.1) is 5.92 Å². The van der Waals surface area contributed by atoms with Crippen molar-refractivity contribution in [2.45, 2.75) is 12.5 Å². The molecule has 5 rings (SSSR count). The Labute approximate surface area is 170 Å². The van der Waals surface area contributed by atoms with Crippen LogP contribution in [0.15, 0.2) is 54.7 Å². The van der Waals surface area contributed by atoms with Crippen molar-refractivity contribution < 1.29 is 9.47 Å². The molecule has 0 unspecified atom stereocenters. The van der Waals surface area contributed by atoms with E-state index in [0.717, 1.165) is 42.4 Å². The highest BCUT2D eigenvalue weighted by Gasteiger charge is 2.33. The smallest absolute Gasteiger partial charge is 0.162 e. The number of nitrogens with one attached hydrogen (secondary N) is 1. The van der Waals surface area contributed by atoms with Crippen LogP contribution in [0.2, 0.25) is 0 Å². The molecule has 1 aromatic heterocycles. The summed E-state index contributed by atoms with van der Waals surface area (Å²) in [6, 6.07) is 16.8. The van der Waals surface area contributed by atoms with Crippen molar-refractivity contribution in [3.63, 3.8) is 0 Å². The zero-order valence-electron chi connectivity index (χ0n) is 16.4. The number of fused-ring (bicyclic) bond motifs is 1. The molecular weight excluding hydrogens is 364 g/mol. The third kappa shape index (κ3) is 3.61. The van der Waals surface area contributed by atoms with Crippen molar-refractivity contribution in [1.82, 2.24) is 15.1 Å². The lowest BCUT2D eigenvalue weighted by atomic mass is 9.89. The van der Waals surface area contributed by atoms with Crippen LogP contribution < -0.4 is 15.2 Å². The number of hydrogen-bond acceptors (Lipinski definition) is 5. The second-order valence-electron chi connectivity index (χ2n) is 7.84. The first-order valence-electron chi connectivity index (χ1n) is 10.2. The summed E-state index contributed by atoms with van der Waals surface area (Å²) in [4.78, 5) is 2.49. The summed E-state index contributed by atoms with van der Waals surface area (Å²) in [6.07, 6.45) is 1.93. The predicted molar refractivity (Wildman–Crippen MR) is 112 cm³/mol. The molecule has 150 valence electrons. The molecule has 0 radical (unpaired) electrons. The van der Waals surface area contributed by atoms with Gasteiger partial charge in [0.15, 0.2) is 11.5 Å². The second-order valence-corrected chi connectivity index (χ2v) is 7.84. The largest absolute Gasteiger partial charge is 0.486 e. The van der Waals surface area contributed by atoms with E-state index in [4.69, 9.17) is 15.2 Å². The first-order valence-corrected chi connectivity index (χ1v) is 10.2. The monoisotopic (exact) mass is 390 g/mol. The van der Waals surface area contributed by atoms with Gasteiger partial charge in [0.25, 0.3) is 0 Å². The maximum absolute atomic E-state index is 6.11. The molecule has 2 atom stereocenters. The molecule has 0 aliphatic carbocycles. The highest BCUT2D eigenvalue weighted by molar-refractivity contribution is 5.66. The van der Waals surface area contributed by atoms with E-state index in [1.165, 1.54) is 11.1 Å². The van der Waals surface area contributed by atoms with E-state index in [2.05, 4.69) is 51.5 Å². The van der Waals surface area contributed by atoms with Crippen LogP contribution in [0.25, 0.3) is 11.3 Å². The van der Waals surface area contributed by atoms with Gasteiger partial charge in [-0.05, 0) is 36.2 Å². The number of aromatic amines is 1. The Balaban J connectivity index is 1.35. The minimum atomic E-state index is 0.474. The second kappa shape index (κ2) is 7.89. The van der Waals surface area contributed by atoms with Gasteiger partial charge in [0.2, 0.25) is 0 Å². The molecule has 6 nitrogen and oxygen atoms in total. The van der Waals surface area contributed by atoms with E-state index in [1.807, 2.05) is 18.3 Å². The van der Waals surface area contributed by atoms with Crippen LogP contribution in [0.4, 0.5) is 0 Å². The van der Waals surface area contributed by atoms with E-state index in [1.54, 1.807) is 0 Å². The average Bonchev–Trinajstić information content (AvgIpc) is 3.41. The third-order valence-corrected chi connectivity index (χ3v) is 5.99. The standard InChI is InChI=1S/C23H26N4O2/c24-11-18-13-27(15-20(18)16-4-2-1-3-5-16)14-19-12-25-26-23(19)17-6-7-21-22(10-17)29-9-8-28-21/h1-7,10,12,18,20H,8-9,11,13-15,24H2,(H,25,26)/t18-,20+/m1/s1. The molecule has 3 aromatic rings. The summed E-state index contributed by atoms with van der Waals surface area (Å²) >= 11 is 0. The molecular formula is C23H26N4O2. The average molecular weight is 390 g/mol. The number of nitrogens with zero attached hydrogens (tertiary/aromatic N) is 2. The van der Waals surface area contributed by atoms with Crippen molar-refractivity contribution in [3.05, 3.63) is 65.9 Å². The molecule has 2 aromatic carbocycles. The number of H-pyrrole nitrogens is 1. The maximum atomic E-state index is 6.11. The molecule has 0 bridgehead atoms. The fraction of sp³-hybridized carbons (Fsp3) is 0.348. The molecule has 29 heavy (non-hydrogen) atoms. The Morgan fingerprint density at radius 1 is 1.03 bits per heavy atom. The van der Waals surface area contributed by atoms with E-state index in [0.29, 0.717) is 31.6 Å². The number of likely N-dealkylation sites (tertiary alicyclic amines) is 1. The number of rotatable bonds is 5. The minimum Gasteiger partial charge on any atom is -0.486 e. The summed E-state index contributed by atoms with van der Waals surface area (Å²) in [5.41, 5.74) is 10.8. The van der Waals surface area contributed by atoms with Crippen LogP contribution in [0.1, 0.15) is 17.0 Å².